The topological polar surface area (TPSA) is 22.2 Å². The van der Waals surface area contributed by atoms with Crippen LogP contribution >= 0.6 is 11.6 Å². The number of hydrogen-bond acceptors (Lipinski definition) is 1. The van der Waals surface area contributed by atoms with Crippen molar-refractivity contribution in [3.8, 4) is 22.5 Å². The Hall–Kier alpha value is -2.52. The van der Waals surface area contributed by atoms with Crippen molar-refractivity contribution < 1.29 is 0 Å². The van der Waals surface area contributed by atoms with Crippen LogP contribution in [0.4, 0.5) is 0 Å². The molecule has 108 valence electrons. The summed E-state index contributed by atoms with van der Waals surface area (Å²) >= 11 is 5.94. The van der Waals surface area contributed by atoms with Gasteiger partial charge < -0.3 is 4.57 Å². The highest BCUT2D eigenvalue weighted by Crippen LogP contribution is 2.25. The third-order valence-corrected chi connectivity index (χ3v) is 4.10. The van der Waals surface area contributed by atoms with Gasteiger partial charge in [-0.2, -0.15) is 0 Å². The molecule has 22 heavy (non-hydrogen) atoms. The maximum Gasteiger partial charge on any atom is 0.214 e. The van der Waals surface area contributed by atoms with Crippen LogP contribution in [-0.2, 0) is 7.05 Å². The molecule has 4 heteroatoms. The second-order valence-corrected chi connectivity index (χ2v) is 5.72. The lowest BCUT2D eigenvalue weighted by atomic mass is 10.1. The Morgan fingerprint density at radius 1 is 0.864 bits per heavy atom. The molecule has 0 amide bonds. The molecule has 2 aromatic carbocycles. The Labute approximate surface area is 133 Å². The van der Waals surface area contributed by atoms with Gasteiger partial charge in [-0.05, 0) is 17.7 Å². The molecule has 0 spiro atoms. The predicted octanol–water partition coefficient (Wildman–Crippen LogP) is 4.66. The first kappa shape index (κ1) is 13.2. The number of aromatic nitrogens is 3. The maximum absolute atomic E-state index is 5.94. The molecule has 3 nitrogen and oxygen atoms in total. The summed E-state index contributed by atoms with van der Waals surface area (Å²) < 4.78 is 4.17. The van der Waals surface area contributed by atoms with Crippen molar-refractivity contribution in [1.82, 2.24) is 14.0 Å². The number of rotatable bonds is 2. The minimum absolute atomic E-state index is 0.735. The Morgan fingerprint density at radius 2 is 1.59 bits per heavy atom. The average molecular weight is 308 g/mol. The van der Waals surface area contributed by atoms with Gasteiger partial charge in [0.05, 0.1) is 11.4 Å². The van der Waals surface area contributed by atoms with Crippen LogP contribution < -0.4 is 0 Å². The summed E-state index contributed by atoms with van der Waals surface area (Å²) in [6.07, 6.45) is 4.15. The minimum atomic E-state index is 0.735. The summed E-state index contributed by atoms with van der Waals surface area (Å²) in [4.78, 5) is 4.74. The molecule has 0 fully saturated rings. The molecule has 0 radical (unpaired) electrons. The van der Waals surface area contributed by atoms with E-state index in [2.05, 4.69) is 27.3 Å². The van der Waals surface area contributed by atoms with Crippen molar-refractivity contribution in [1.29, 1.82) is 0 Å². The molecular formula is C18H14ClN3. The van der Waals surface area contributed by atoms with E-state index in [0.29, 0.717) is 0 Å². The number of fused-ring (bicyclic) bond motifs is 1. The van der Waals surface area contributed by atoms with Gasteiger partial charge in [0.2, 0.25) is 5.78 Å². The highest BCUT2D eigenvalue weighted by Gasteiger charge is 2.12. The summed E-state index contributed by atoms with van der Waals surface area (Å²) in [7, 11) is 2.04. The van der Waals surface area contributed by atoms with Gasteiger partial charge in [-0.25, -0.2) is 4.98 Å². The third-order valence-electron chi connectivity index (χ3n) is 3.85. The fraction of sp³-hybridized carbons (Fsp3) is 0.0556. The van der Waals surface area contributed by atoms with Crippen LogP contribution in [0.15, 0.2) is 67.0 Å². The molecule has 0 saturated heterocycles. The van der Waals surface area contributed by atoms with Crippen LogP contribution in [0, 0.1) is 0 Å². The number of nitrogens with zero attached hydrogens (tertiary/aromatic N) is 3. The highest BCUT2D eigenvalue weighted by atomic mass is 35.5. The van der Waals surface area contributed by atoms with E-state index in [-0.39, 0.29) is 0 Å². The third kappa shape index (κ3) is 2.11. The molecule has 4 aromatic rings. The lowest BCUT2D eigenvalue weighted by molar-refractivity contribution is 0.945. The van der Waals surface area contributed by atoms with Gasteiger partial charge in [-0.3, -0.25) is 4.40 Å². The molecule has 0 unspecified atom stereocenters. The zero-order chi connectivity index (χ0) is 15.1. The maximum atomic E-state index is 5.94. The van der Waals surface area contributed by atoms with E-state index < -0.39 is 0 Å². The number of imidazole rings is 2. The molecule has 0 N–H and O–H groups in total. The zero-order valence-corrected chi connectivity index (χ0v) is 12.8. The smallest absolute Gasteiger partial charge is 0.214 e. The summed E-state index contributed by atoms with van der Waals surface area (Å²) in [5, 5.41) is 0.735. The fourth-order valence-electron chi connectivity index (χ4n) is 2.69. The van der Waals surface area contributed by atoms with Crippen LogP contribution in [0.5, 0.6) is 0 Å². The van der Waals surface area contributed by atoms with Crippen molar-refractivity contribution >= 4 is 17.4 Å². The normalized spacial score (nSPS) is 11.2. The molecule has 2 aromatic heterocycles. The Bertz CT molecular complexity index is 934. The van der Waals surface area contributed by atoms with Gasteiger partial charge in [0.15, 0.2) is 0 Å². The van der Waals surface area contributed by atoms with Gasteiger partial charge in [0, 0.05) is 30.0 Å². The van der Waals surface area contributed by atoms with E-state index in [9.17, 15) is 0 Å². The van der Waals surface area contributed by atoms with Gasteiger partial charge in [0.1, 0.15) is 0 Å². The lowest BCUT2D eigenvalue weighted by Gasteiger charge is -2.02. The van der Waals surface area contributed by atoms with Crippen molar-refractivity contribution in [2.45, 2.75) is 0 Å². The molecule has 2 heterocycles. The molecule has 0 aliphatic carbocycles. The monoisotopic (exact) mass is 307 g/mol. The molecule has 0 saturated carbocycles. The van der Waals surface area contributed by atoms with Gasteiger partial charge in [0.25, 0.3) is 0 Å². The molecule has 0 atom stereocenters. The van der Waals surface area contributed by atoms with Crippen LogP contribution in [0.2, 0.25) is 5.02 Å². The van der Waals surface area contributed by atoms with Crippen LogP contribution in [0.25, 0.3) is 28.3 Å². The number of halogens is 1. The van der Waals surface area contributed by atoms with E-state index >= 15 is 0 Å². The Balaban J connectivity index is 1.82. The lowest BCUT2D eigenvalue weighted by Crippen LogP contribution is -1.92. The Kier molecular flexibility index (Phi) is 3.01. The van der Waals surface area contributed by atoms with E-state index in [4.69, 9.17) is 16.6 Å². The SMILES string of the molecule is Cn1c(-c2ccccc2)cn2cc(-c3ccc(Cl)cc3)nc12. The van der Waals surface area contributed by atoms with Crippen molar-refractivity contribution in [2.24, 2.45) is 7.05 Å². The largest absolute Gasteiger partial charge is 0.313 e. The fourth-order valence-corrected chi connectivity index (χ4v) is 2.82. The van der Waals surface area contributed by atoms with E-state index in [1.165, 1.54) is 5.56 Å². The van der Waals surface area contributed by atoms with Gasteiger partial charge in [-0.15, -0.1) is 0 Å². The van der Waals surface area contributed by atoms with Crippen LogP contribution in [0.1, 0.15) is 0 Å². The summed E-state index contributed by atoms with van der Waals surface area (Å²) in [5.74, 6) is 0.920. The first-order valence-electron chi connectivity index (χ1n) is 7.08. The predicted molar refractivity (Wildman–Crippen MR) is 90.0 cm³/mol. The summed E-state index contributed by atoms with van der Waals surface area (Å²) in [6.45, 7) is 0. The summed E-state index contributed by atoms with van der Waals surface area (Å²) in [6, 6.07) is 18.1. The molecule has 0 bridgehead atoms. The first-order chi connectivity index (χ1) is 10.7. The van der Waals surface area contributed by atoms with E-state index in [0.717, 1.165) is 27.8 Å². The molecule has 0 aliphatic heterocycles. The number of hydrogen-bond donors (Lipinski definition) is 0. The van der Waals surface area contributed by atoms with Gasteiger partial charge >= 0.3 is 0 Å². The van der Waals surface area contributed by atoms with Crippen LogP contribution in [0.3, 0.4) is 0 Å². The van der Waals surface area contributed by atoms with Crippen molar-refractivity contribution in [3.63, 3.8) is 0 Å². The Morgan fingerprint density at radius 3 is 2.27 bits per heavy atom. The van der Waals surface area contributed by atoms with E-state index in [1.54, 1.807) is 0 Å². The van der Waals surface area contributed by atoms with Gasteiger partial charge in [-0.1, -0.05) is 54.1 Å². The highest BCUT2D eigenvalue weighted by molar-refractivity contribution is 6.30. The van der Waals surface area contributed by atoms with Crippen molar-refractivity contribution in [2.75, 3.05) is 0 Å². The summed E-state index contributed by atoms with van der Waals surface area (Å²) in [5.41, 5.74) is 4.34. The number of benzene rings is 2. The molecule has 4 rings (SSSR count). The molecular weight excluding hydrogens is 294 g/mol. The van der Waals surface area contributed by atoms with Crippen molar-refractivity contribution in [3.05, 3.63) is 72.0 Å². The average Bonchev–Trinajstić information content (AvgIpc) is 3.09. The molecule has 0 aliphatic rings. The second kappa shape index (κ2) is 5.04. The zero-order valence-electron chi connectivity index (χ0n) is 12.1. The number of aryl methyl sites for hydroxylation is 1. The standard InChI is InChI=1S/C18H14ClN3/c1-21-17(14-5-3-2-4-6-14)12-22-11-16(20-18(21)22)13-7-9-15(19)10-8-13/h2-12H,1H3. The first-order valence-corrected chi connectivity index (χ1v) is 7.46. The quantitative estimate of drug-likeness (QED) is 0.528. The minimum Gasteiger partial charge on any atom is -0.313 e. The van der Waals surface area contributed by atoms with Crippen LogP contribution in [-0.4, -0.2) is 14.0 Å². The van der Waals surface area contributed by atoms with E-state index in [1.807, 2.05) is 55.7 Å². The second-order valence-electron chi connectivity index (χ2n) is 5.28.